The Kier molecular flexibility index (Phi) is 8.15. The fourth-order valence-electron chi connectivity index (χ4n) is 0.856. The average Bonchev–Trinajstić information content (AvgIpc) is 2.29. The van der Waals surface area contributed by atoms with Crippen LogP contribution < -0.4 is 16.8 Å². The van der Waals surface area contributed by atoms with E-state index in [1.54, 1.807) is 12.1 Å². The Bertz CT molecular complexity index is 616. The molecular weight excluding hydrogens is 370 g/mol. The van der Waals surface area contributed by atoms with Gasteiger partial charge in [-0.05, 0) is 24.3 Å². The summed E-state index contributed by atoms with van der Waals surface area (Å²) in [5.74, 6) is -0.611. The van der Waals surface area contributed by atoms with Crippen LogP contribution in [0.15, 0.2) is 38.9 Å². The van der Waals surface area contributed by atoms with Gasteiger partial charge in [0.15, 0.2) is 0 Å². The fourth-order valence-corrected chi connectivity index (χ4v) is 1.12. The van der Waals surface area contributed by atoms with Crippen molar-refractivity contribution >= 4 is 50.1 Å². The van der Waals surface area contributed by atoms with Crippen molar-refractivity contribution in [3.05, 3.63) is 28.7 Å². The number of hydrogen-bond donors (Lipinski definition) is 5. The lowest BCUT2D eigenvalue weighted by molar-refractivity contribution is -0.110. The number of nitrogens with two attached hydrogens (primary N) is 2. The number of anilines is 1. The molecule has 10 nitrogen and oxygen atoms in total. The number of carbonyl (C=O) groups is 1. The molecule has 0 saturated heterocycles. The minimum atomic E-state index is -4.67. The molecular formula is C9H12BrN5O5S. The third kappa shape index (κ3) is 14.2. The average molecular weight is 382 g/mol. The molecule has 0 aliphatic rings. The van der Waals surface area contributed by atoms with E-state index in [0.717, 1.165) is 10.7 Å². The van der Waals surface area contributed by atoms with Crippen LogP contribution in [0.2, 0.25) is 0 Å². The molecule has 7 N–H and O–H groups in total. The fraction of sp³-hybridized carbons (Fsp3) is 0. The number of rotatable bonds is 3. The van der Waals surface area contributed by atoms with Crippen LogP contribution in [0, 0.1) is 0 Å². The standard InChI is InChI=1S/C9H10BrN5O.H2O4S/c10-6-1-3-7(4-2-6)14-8(16)5-13-15-9(11)12;1-5(2,3)4/h1-5H,(H,14,16)(H4,11,12,15);(H2,1,2,3,4). The maximum absolute atomic E-state index is 11.3. The molecule has 0 aliphatic heterocycles. The largest absolute Gasteiger partial charge is 0.394 e. The second-order valence-corrected chi connectivity index (χ2v) is 5.02. The highest BCUT2D eigenvalue weighted by atomic mass is 79.9. The summed E-state index contributed by atoms with van der Waals surface area (Å²) in [6, 6.07) is 7.11. The lowest BCUT2D eigenvalue weighted by Gasteiger charge is -2.00. The van der Waals surface area contributed by atoms with Gasteiger partial charge in [0.05, 0.1) is 0 Å². The van der Waals surface area contributed by atoms with Crippen LogP contribution in [-0.4, -0.2) is 35.6 Å². The molecule has 1 amide bonds. The first-order valence-electron chi connectivity index (χ1n) is 4.96. The normalized spacial score (nSPS) is 10.4. The summed E-state index contributed by atoms with van der Waals surface area (Å²) < 4.78 is 32.5. The van der Waals surface area contributed by atoms with Crippen molar-refractivity contribution in [3.63, 3.8) is 0 Å². The molecule has 0 unspecified atom stereocenters. The van der Waals surface area contributed by atoms with E-state index in [9.17, 15) is 4.79 Å². The highest BCUT2D eigenvalue weighted by molar-refractivity contribution is 9.10. The van der Waals surface area contributed by atoms with Crippen molar-refractivity contribution in [1.82, 2.24) is 0 Å². The molecule has 1 rings (SSSR count). The maximum Gasteiger partial charge on any atom is 0.394 e. The highest BCUT2D eigenvalue weighted by Crippen LogP contribution is 2.13. The van der Waals surface area contributed by atoms with Crippen molar-refractivity contribution in [3.8, 4) is 0 Å². The molecule has 1 aromatic rings. The number of nitrogens with zero attached hydrogens (tertiary/aromatic N) is 2. The monoisotopic (exact) mass is 381 g/mol. The molecule has 0 heterocycles. The van der Waals surface area contributed by atoms with E-state index in [4.69, 9.17) is 29.0 Å². The number of hydrogen-bond acceptors (Lipinski definition) is 5. The summed E-state index contributed by atoms with van der Waals surface area (Å²) >= 11 is 3.28. The van der Waals surface area contributed by atoms with Crippen LogP contribution >= 0.6 is 15.9 Å². The summed E-state index contributed by atoms with van der Waals surface area (Å²) in [4.78, 5) is 11.3. The van der Waals surface area contributed by atoms with Crippen LogP contribution in [-0.2, 0) is 15.2 Å². The highest BCUT2D eigenvalue weighted by Gasteiger charge is 1.97. The van der Waals surface area contributed by atoms with Gasteiger partial charge in [0.25, 0.3) is 5.91 Å². The van der Waals surface area contributed by atoms with E-state index in [0.29, 0.717) is 5.69 Å². The topological polar surface area (TPSA) is 180 Å². The number of halogens is 1. The van der Waals surface area contributed by atoms with E-state index < -0.39 is 16.3 Å². The predicted octanol–water partition coefficient (Wildman–Crippen LogP) is -0.00600. The van der Waals surface area contributed by atoms with E-state index in [1.807, 2.05) is 12.1 Å². The van der Waals surface area contributed by atoms with Gasteiger partial charge in [0.1, 0.15) is 6.21 Å². The Labute approximate surface area is 128 Å². The van der Waals surface area contributed by atoms with Gasteiger partial charge in [-0.25, -0.2) is 0 Å². The van der Waals surface area contributed by atoms with E-state index in [-0.39, 0.29) is 5.96 Å². The smallest absolute Gasteiger partial charge is 0.369 e. The van der Waals surface area contributed by atoms with Crippen molar-refractivity contribution < 1.29 is 22.3 Å². The van der Waals surface area contributed by atoms with Crippen LogP contribution in [0.3, 0.4) is 0 Å². The molecule has 0 aromatic heterocycles. The molecule has 0 saturated carbocycles. The first kappa shape index (κ1) is 19.0. The van der Waals surface area contributed by atoms with Crippen LogP contribution in [0.4, 0.5) is 5.69 Å². The second kappa shape index (κ2) is 9.02. The number of nitrogens with one attached hydrogen (secondary N) is 1. The Balaban J connectivity index is 0.000000690. The predicted molar refractivity (Wildman–Crippen MR) is 81.3 cm³/mol. The molecule has 0 atom stereocenters. The van der Waals surface area contributed by atoms with Crippen molar-refractivity contribution in [2.75, 3.05) is 5.32 Å². The zero-order chi connectivity index (χ0) is 16.5. The summed E-state index contributed by atoms with van der Waals surface area (Å²) in [6.45, 7) is 0. The van der Waals surface area contributed by atoms with Crippen molar-refractivity contribution in [2.45, 2.75) is 0 Å². The van der Waals surface area contributed by atoms with Gasteiger partial charge in [-0.15, -0.1) is 10.2 Å². The molecule has 0 fully saturated rings. The first-order chi connectivity index (χ1) is 9.58. The molecule has 0 bridgehead atoms. The third-order valence-electron chi connectivity index (χ3n) is 1.46. The van der Waals surface area contributed by atoms with Gasteiger partial charge < -0.3 is 16.8 Å². The molecule has 1 aromatic carbocycles. The first-order valence-corrected chi connectivity index (χ1v) is 7.15. The lowest BCUT2D eigenvalue weighted by Crippen LogP contribution is -2.22. The number of benzene rings is 1. The van der Waals surface area contributed by atoms with E-state index in [2.05, 4.69) is 31.4 Å². The molecule has 0 spiro atoms. The molecule has 0 aliphatic carbocycles. The van der Waals surface area contributed by atoms with Crippen LogP contribution in [0.1, 0.15) is 0 Å². The Morgan fingerprint density at radius 1 is 1.24 bits per heavy atom. The van der Waals surface area contributed by atoms with E-state index in [1.165, 1.54) is 0 Å². The molecule has 116 valence electrons. The van der Waals surface area contributed by atoms with Gasteiger partial charge in [-0.2, -0.15) is 8.42 Å². The molecule has 12 heteroatoms. The summed E-state index contributed by atoms with van der Waals surface area (Å²) in [6.07, 6.45) is 0.988. The van der Waals surface area contributed by atoms with Crippen molar-refractivity contribution in [1.29, 1.82) is 0 Å². The van der Waals surface area contributed by atoms with Crippen LogP contribution in [0.25, 0.3) is 0 Å². The van der Waals surface area contributed by atoms with Crippen LogP contribution in [0.5, 0.6) is 0 Å². The summed E-state index contributed by atoms with van der Waals surface area (Å²) in [7, 11) is -4.67. The third-order valence-corrected chi connectivity index (χ3v) is 1.99. The Morgan fingerprint density at radius 3 is 2.14 bits per heavy atom. The minimum absolute atomic E-state index is 0.201. The molecule has 0 radical (unpaired) electrons. The zero-order valence-corrected chi connectivity index (χ0v) is 12.7. The Hall–Kier alpha value is -2.02. The number of carbonyl (C=O) groups excluding carboxylic acids is 1. The van der Waals surface area contributed by atoms with Gasteiger partial charge >= 0.3 is 10.4 Å². The Morgan fingerprint density at radius 2 is 1.71 bits per heavy atom. The second-order valence-electron chi connectivity index (χ2n) is 3.21. The minimum Gasteiger partial charge on any atom is -0.369 e. The SMILES string of the molecule is NC(N)=NN=CC(=O)Nc1ccc(Br)cc1.O=S(=O)(O)O. The number of guanidine groups is 1. The van der Waals surface area contributed by atoms with E-state index >= 15 is 0 Å². The molecule has 21 heavy (non-hydrogen) atoms. The lowest BCUT2D eigenvalue weighted by atomic mass is 10.3. The maximum atomic E-state index is 11.3. The van der Waals surface area contributed by atoms with Gasteiger partial charge in [-0.1, -0.05) is 15.9 Å². The van der Waals surface area contributed by atoms with Gasteiger partial charge in [-0.3, -0.25) is 13.9 Å². The van der Waals surface area contributed by atoms with Gasteiger partial charge in [0.2, 0.25) is 5.96 Å². The number of amides is 1. The van der Waals surface area contributed by atoms with Gasteiger partial charge in [0, 0.05) is 10.2 Å². The summed E-state index contributed by atoms with van der Waals surface area (Å²) in [5, 5.41) is 9.25. The quantitative estimate of drug-likeness (QED) is 0.211. The summed E-state index contributed by atoms with van der Waals surface area (Å²) in [5.41, 5.74) is 10.7. The zero-order valence-electron chi connectivity index (χ0n) is 10.3. The van der Waals surface area contributed by atoms with Crippen molar-refractivity contribution in [2.24, 2.45) is 21.7 Å².